The predicted octanol–water partition coefficient (Wildman–Crippen LogP) is 0.710. The monoisotopic (exact) mass is 207 g/mol. The van der Waals surface area contributed by atoms with Gasteiger partial charge in [-0.15, -0.1) is 0 Å². The molecule has 1 fully saturated rings. The summed E-state index contributed by atoms with van der Waals surface area (Å²) in [6, 6.07) is 2.22. The van der Waals surface area contributed by atoms with Gasteiger partial charge in [-0.3, -0.25) is 4.79 Å². The van der Waals surface area contributed by atoms with Crippen LogP contribution in [-0.2, 0) is 11.3 Å². The number of rotatable bonds is 3. The van der Waals surface area contributed by atoms with E-state index in [1.54, 1.807) is 4.90 Å². The lowest BCUT2D eigenvalue weighted by molar-refractivity contribution is -0.137. The maximum absolute atomic E-state index is 11.9. The number of hydrogen-bond donors (Lipinski definition) is 2. The number of carbonyl (C=O) groups excluding carboxylic acids is 1. The summed E-state index contributed by atoms with van der Waals surface area (Å²) in [5.74, 6) is 0.377. The Morgan fingerprint density at radius 3 is 2.93 bits per heavy atom. The molecule has 1 saturated carbocycles. The van der Waals surface area contributed by atoms with E-state index in [1.807, 2.05) is 25.5 Å². The third-order valence-corrected chi connectivity index (χ3v) is 2.98. The number of hydrogen-bond acceptors (Lipinski definition) is 2. The first-order chi connectivity index (χ1) is 7.16. The Labute approximate surface area is 89.5 Å². The molecular formula is C11H17N3O. The summed E-state index contributed by atoms with van der Waals surface area (Å²) in [7, 11) is 1.85. The van der Waals surface area contributed by atoms with Crippen molar-refractivity contribution in [3.63, 3.8) is 0 Å². The molecule has 1 aromatic rings. The molecule has 0 atom stereocenters. The van der Waals surface area contributed by atoms with Crippen molar-refractivity contribution in [2.75, 3.05) is 7.05 Å². The average molecular weight is 207 g/mol. The summed E-state index contributed by atoms with van der Waals surface area (Å²) in [5.41, 5.74) is 6.80. The number of nitrogens with two attached hydrogens (primary N) is 1. The Morgan fingerprint density at radius 2 is 2.40 bits per heavy atom. The first kappa shape index (κ1) is 10.2. The number of aromatic amines is 1. The normalized spacial score (nSPS) is 24.7. The van der Waals surface area contributed by atoms with E-state index in [0.717, 1.165) is 18.4 Å². The second kappa shape index (κ2) is 4.06. The van der Waals surface area contributed by atoms with Gasteiger partial charge in [-0.2, -0.15) is 0 Å². The lowest BCUT2D eigenvalue weighted by atomic mass is 9.80. The first-order valence-electron chi connectivity index (χ1n) is 5.29. The SMILES string of the molecule is CN(Cc1cc[nH]c1)C(=O)C1CC(N)C1. The van der Waals surface area contributed by atoms with Crippen LogP contribution < -0.4 is 5.73 Å². The fourth-order valence-corrected chi connectivity index (χ4v) is 1.98. The Hall–Kier alpha value is -1.29. The molecule has 82 valence electrons. The minimum atomic E-state index is 0.156. The molecule has 1 amide bonds. The standard InChI is InChI=1S/C11H17N3O/c1-14(7-8-2-3-13-6-8)11(15)9-4-10(12)5-9/h2-3,6,9-10,13H,4-5,7,12H2,1H3. The summed E-state index contributed by atoms with van der Waals surface area (Å²) < 4.78 is 0. The molecule has 4 nitrogen and oxygen atoms in total. The molecule has 15 heavy (non-hydrogen) atoms. The van der Waals surface area contributed by atoms with E-state index in [9.17, 15) is 4.79 Å². The molecule has 0 aromatic carbocycles. The minimum Gasteiger partial charge on any atom is -0.367 e. The highest BCUT2D eigenvalue weighted by atomic mass is 16.2. The number of aromatic nitrogens is 1. The van der Waals surface area contributed by atoms with Gasteiger partial charge in [-0.05, 0) is 24.5 Å². The number of nitrogens with one attached hydrogen (secondary N) is 1. The fourth-order valence-electron chi connectivity index (χ4n) is 1.98. The van der Waals surface area contributed by atoms with E-state index in [1.165, 1.54) is 0 Å². The molecular weight excluding hydrogens is 190 g/mol. The van der Waals surface area contributed by atoms with Crippen LogP contribution in [0.4, 0.5) is 0 Å². The first-order valence-corrected chi connectivity index (χ1v) is 5.29. The maximum atomic E-state index is 11.9. The van der Waals surface area contributed by atoms with Gasteiger partial charge in [0.05, 0.1) is 0 Å². The Morgan fingerprint density at radius 1 is 1.67 bits per heavy atom. The summed E-state index contributed by atoms with van der Waals surface area (Å²) >= 11 is 0. The molecule has 3 N–H and O–H groups in total. The van der Waals surface area contributed by atoms with E-state index < -0.39 is 0 Å². The van der Waals surface area contributed by atoms with E-state index in [-0.39, 0.29) is 17.9 Å². The van der Waals surface area contributed by atoms with Gasteiger partial charge in [0.25, 0.3) is 0 Å². The van der Waals surface area contributed by atoms with Gasteiger partial charge in [-0.1, -0.05) is 0 Å². The predicted molar refractivity (Wildman–Crippen MR) is 58.0 cm³/mol. The highest BCUT2D eigenvalue weighted by Crippen LogP contribution is 2.27. The number of carbonyl (C=O) groups is 1. The molecule has 2 rings (SSSR count). The number of amides is 1. The van der Waals surface area contributed by atoms with Gasteiger partial charge in [0.1, 0.15) is 0 Å². The van der Waals surface area contributed by atoms with Crippen LogP contribution in [-0.4, -0.2) is 28.9 Å². The lowest BCUT2D eigenvalue weighted by Gasteiger charge is -2.34. The third-order valence-electron chi connectivity index (χ3n) is 2.98. The molecule has 1 aliphatic rings. The molecule has 1 aliphatic carbocycles. The van der Waals surface area contributed by atoms with Crippen molar-refractivity contribution < 1.29 is 4.79 Å². The van der Waals surface area contributed by atoms with Crippen molar-refractivity contribution in [1.29, 1.82) is 0 Å². The summed E-state index contributed by atoms with van der Waals surface area (Å²) in [4.78, 5) is 16.6. The molecule has 0 saturated heterocycles. The van der Waals surface area contributed by atoms with Crippen molar-refractivity contribution in [3.8, 4) is 0 Å². The van der Waals surface area contributed by atoms with Gasteiger partial charge in [0, 0.05) is 37.9 Å². The van der Waals surface area contributed by atoms with Crippen LogP contribution in [0.25, 0.3) is 0 Å². The molecule has 1 aromatic heterocycles. The number of H-pyrrole nitrogens is 1. The Kier molecular flexibility index (Phi) is 2.77. The minimum absolute atomic E-state index is 0.156. The van der Waals surface area contributed by atoms with Crippen LogP contribution in [0.5, 0.6) is 0 Å². The van der Waals surface area contributed by atoms with Gasteiger partial charge in [0.15, 0.2) is 0 Å². The van der Waals surface area contributed by atoms with Crippen LogP contribution in [0.15, 0.2) is 18.5 Å². The van der Waals surface area contributed by atoms with Gasteiger partial charge in [0.2, 0.25) is 5.91 Å². The molecule has 1 heterocycles. The average Bonchev–Trinajstić information content (AvgIpc) is 2.64. The second-order valence-corrected chi connectivity index (χ2v) is 4.34. The van der Waals surface area contributed by atoms with Crippen molar-refractivity contribution in [2.45, 2.75) is 25.4 Å². The van der Waals surface area contributed by atoms with Crippen LogP contribution in [0.1, 0.15) is 18.4 Å². The highest BCUT2D eigenvalue weighted by Gasteiger charge is 2.33. The highest BCUT2D eigenvalue weighted by molar-refractivity contribution is 5.79. The fraction of sp³-hybridized carbons (Fsp3) is 0.545. The summed E-state index contributed by atoms with van der Waals surface area (Å²) in [6.07, 6.45) is 5.47. The van der Waals surface area contributed by atoms with Crippen molar-refractivity contribution in [1.82, 2.24) is 9.88 Å². The second-order valence-electron chi connectivity index (χ2n) is 4.34. The van der Waals surface area contributed by atoms with Crippen LogP contribution in [0.2, 0.25) is 0 Å². The van der Waals surface area contributed by atoms with Crippen LogP contribution in [0.3, 0.4) is 0 Å². The molecule has 0 aliphatic heterocycles. The summed E-state index contributed by atoms with van der Waals surface area (Å²) in [5, 5.41) is 0. The molecule has 0 bridgehead atoms. The van der Waals surface area contributed by atoms with Gasteiger partial charge in [-0.25, -0.2) is 0 Å². The molecule has 0 radical (unpaired) electrons. The zero-order valence-corrected chi connectivity index (χ0v) is 8.94. The largest absolute Gasteiger partial charge is 0.367 e. The molecule has 0 unspecified atom stereocenters. The van der Waals surface area contributed by atoms with Gasteiger partial charge >= 0.3 is 0 Å². The van der Waals surface area contributed by atoms with E-state index >= 15 is 0 Å². The van der Waals surface area contributed by atoms with Crippen LogP contribution in [0, 0.1) is 5.92 Å². The smallest absolute Gasteiger partial charge is 0.225 e. The van der Waals surface area contributed by atoms with Gasteiger partial charge < -0.3 is 15.6 Å². The van der Waals surface area contributed by atoms with E-state index in [0.29, 0.717) is 6.54 Å². The summed E-state index contributed by atoms with van der Waals surface area (Å²) in [6.45, 7) is 0.675. The number of nitrogens with zero attached hydrogens (tertiary/aromatic N) is 1. The third kappa shape index (κ3) is 2.21. The van der Waals surface area contributed by atoms with E-state index in [4.69, 9.17) is 5.73 Å². The van der Waals surface area contributed by atoms with Crippen molar-refractivity contribution >= 4 is 5.91 Å². The topological polar surface area (TPSA) is 62.1 Å². The lowest BCUT2D eigenvalue weighted by Crippen LogP contribution is -2.45. The quantitative estimate of drug-likeness (QED) is 0.766. The zero-order chi connectivity index (χ0) is 10.8. The van der Waals surface area contributed by atoms with Crippen molar-refractivity contribution in [3.05, 3.63) is 24.0 Å². The zero-order valence-electron chi connectivity index (χ0n) is 8.94. The van der Waals surface area contributed by atoms with Crippen molar-refractivity contribution in [2.24, 2.45) is 11.7 Å². The van der Waals surface area contributed by atoms with Crippen LogP contribution >= 0.6 is 0 Å². The Bertz CT molecular complexity index is 328. The molecule has 0 spiro atoms. The van der Waals surface area contributed by atoms with E-state index in [2.05, 4.69) is 4.98 Å². The maximum Gasteiger partial charge on any atom is 0.225 e. The Balaban J connectivity index is 1.85. The molecule has 4 heteroatoms.